The van der Waals surface area contributed by atoms with Gasteiger partial charge in [-0.15, -0.1) is 0 Å². The second kappa shape index (κ2) is 5.13. The predicted octanol–water partition coefficient (Wildman–Crippen LogP) is 0.0783. The van der Waals surface area contributed by atoms with Gasteiger partial charge in [-0.1, -0.05) is 0 Å². The monoisotopic (exact) mass is 154 g/mol. The molecule has 0 spiro atoms. The number of hydrogen-bond donors (Lipinski definition) is 2. The Morgan fingerprint density at radius 2 is 1.90 bits per heavy atom. The molecule has 0 aliphatic rings. The first kappa shape index (κ1) is 13.1. The quantitative estimate of drug-likeness (QED) is 0.554. The van der Waals surface area contributed by atoms with Crippen molar-refractivity contribution in [3.05, 3.63) is 0 Å². The van der Waals surface area contributed by atoms with E-state index in [1.165, 1.54) is 0 Å². The molecule has 0 heterocycles. The molecule has 0 aliphatic heterocycles. The van der Waals surface area contributed by atoms with Crippen LogP contribution in [0, 0.1) is 0 Å². The summed E-state index contributed by atoms with van der Waals surface area (Å²) < 4.78 is 0. The minimum atomic E-state index is -0.815. The molecule has 0 saturated heterocycles. The third-order valence-corrected chi connectivity index (χ3v) is 0.770. The molecule has 0 aromatic rings. The van der Waals surface area contributed by atoms with Crippen LogP contribution in [0.15, 0.2) is 0 Å². The fourth-order valence-electron chi connectivity index (χ4n) is 0.341. The minimum absolute atomic E-state index is 0. The number of hydrogen-bond acceptors (Lipinski definition) is 2. The van der Waals surface area contributed by atoms with Gasteiger partial charge in [-0.3, -0.25) is 4.79 Å². The Balaban J connectivity index is 0. The molecule has 0 aliphatic carbocycles. The molecule has 1 radical (unpaired) electrons. The third-order valence-electron chi connectivity index (χ3n) is 0.770. The zero-order valence-electron chi connectivity index (χ0n) is 7.06. The Hall–Kier alpha value is 0.430. The van der Waals surface area contributed by atoms with Crippen molar-refractivity contribution in [2.75, 3.05) is 6.54 Å². The molecule has 55 valence electrons. The largest absolute Gasteiger partial charge is 0.480 e. The molecule has 10 heavy (non-hydrogen) atoms. The number of rotatable bonds is 2. The number of carboxylic acid groups (broad SMARTS) is 1. The van der Waals surface area contributed by atoms with Crippen molar-refractivity contribution >= 4 is 35.5 Å². The summed E-state index contributed by atoms with van der Waals surface area (Å²) in [5.41, 5.74) is -0.0988. The molecule has 3 nitrogen and oxygen atoms in total. The van der Waals surface area contributed by atoms with Crippen LogP contribution in [0.3, 0.4) is 0 Å². The van der Waals surface area contributed by atoms with Crippen LogP contribution < -0.4 is 5.32 Å². The van der Waals surface area contributed by atoms with Crippen LogP contribution in [0.25, 0.3) is 0 Å². The number of carbonyl (C=O) groups is 1. The molecule has 0 amide bonds. The van der Waals surface area contributed by atoms with Crippen LogP contribution >= 0.6 is 0 Å². The summed E-state index contributed by atoms with van der Waals surface area (Å²) in [5, 5.41) is 11.0. The van der Waals surface area contributed by atoms with Crippen molar-refractivity contribution in [1.29, 1.82) is 0 Å². The summed E-state index contributed by atoms with van der Waals surface area (Å²) in [7, 11) is 0. The average Bonchev–Trinajstić information content (AvgIpc) is 1.59. The molecule has 0 unspecified atom stereocenters. The van der Waals surface area contributed by atoms with Gasteiger partial charge in [-0.05, 0) is 20.8 Å². The summed E-state index contributed by atoms with van der Waals surface area (Å²) >= 11 is 0. The summed E-state index contributed by atoms with van der Waals surface area (Å²) in [6.45, 7) is 5.81. The zero-order valence-corrected chi connectivity index (χ0v) is 9.06. The van der Waals surface area contributed by atoms with E-state index < -0.39 is 5.97 Å². The summed E-state index contributed by atoms with van der Waals surface area (Å²) in [4.78, 5) is 9.98. The molecule has 0 aromatic carbocycles. The summed E-state index contributed by atoms with van der Waals surface area (Å²) in [6, 6.07) is 0. The Labute approximate surface area is 83.5 Å². The van der Waals surface area contributed by atoms with Crippen LogP contribution in [-0.4, -0.2) is 52.7 Å². The minimum Gasteiger partial charge on any atom is -0.480 e. The maximum Gasteiger partial charge on any atom is 0.317 e. The molecule has 0 rings (SSSR count). The summed E-state index contributed by atoms with van der Waals surface area (Å²) in [5.74, 6) is -0.815. The topological polar surface area (TPSA) is 49.3 Å². The molecule has 0 aromatic heterocycles. The van der Waals surface area contributed by atoms with Crippen LogP contribution in [0.5, 0.6) is 0 Å². The molecule has 0 saturated carbocycles. The maximum atomic E-state index is 9.98. The molecular formula is C6H13NNaO2. The van der Waals surface area contributed by atoms with Crippen molar-refractivity contribution in [2.45, 2.75) is 26.3 Å². The first-order chi connectivity index (χ1) is 3.92. The van der Waals surface area contributed by atoms with Gasteiger partial charge in [0.25, 0.3) is 0 Å². The van der Waals surface area contributed by atoms with Crippen molar-refractivity contribution in [3.8, 4) is 0 Å². The second-order valence-electron chi connectivity index (χ2n) is 3.00. The van der Waals surface area contributed by atoms with Gasteiger partial charge in [-0.25, -0.2) is 0 Å². The van der Waals surface area contributed by atoms with Gasteiger partial charge >= 0.3 is 5.97 Å². The van der Waals surface area contributed by atoms with E-state index in [0.717, 1.165) is 0 Å². The van der Waals surface area contributed by atoms with Gasteiger partial charge in [0.1, 0.15) is 0 Å². The normalized spacial score (nSPS) is 10.3. The van der Waals surface area contributed by atoms with Gasteiger partial charge < -0.3 is 10.4 Å². The van der Waals surface area contributed by atoms with E-state index in [9.17, 15) is 4.79 Å². The molecule has 0 atom stereocenters. The maximum absolute atomic E-state index is 9.98. The van der Waals surface area contributed by atoms with Crippen LogP contribution in [0.1, 0.15) is 20.8 Å². The first-order valence-corrected chi connectivity index (χ1v) is 2.88. The van der Waals surface area contributed by atoms with Crippen LogP contribution in [0.2, 0.25) is 0 Å². The van der Waals surface area contributed by atoms with Crippen molar-refractivity contribution < 1.29 is 9.90 Å². The van der Waals surface area contributed by atoms with Gasteiger partial charge in [-0.2, -0.15) is 0 Å². The molecule has 2 N–H and O–H groups in total. The molecule has 0 fully saturated rings. The van der Waals surface area contributed by atoms with Crippen LogP contribution in [-0.2, 0) is 4.79 Å². The van der Waals surface area contributed by atoms with E-state index in [1.807, 2.05) is 20.8 Å². The molecule has 0 bridgehead atoms. The Bertz CT molecular complexity index is 109. The van der Waals surface area contributed by atoms with E-state index in [4.69, 9.17) is 5.11 Å². The Morgan fingerprint density at radius 3 is 2.00 bits per heavy atom. The molecular weight excluding hydrogens is 141 g/mol. The van der Waals surface area contributed by atoms with E-state index >= 15 is 0 Å². The number of aliphatic carboxylic acids is 1. The van der Waals surface area contributed by atoms with Gasteiger partial charge in [0.2, 0.25) is 0 Å². The fourth-order valence-corrected chi connectivity index (χ4v) is 0.341. The Kier molecular flexibility index (Phi) is 6.69. The third kappa shape index (κ3) is 11.3. The number of carboxylic acids is 1. The van der Waals surface area contributed by atoms with Crippen molar-refractivity contribution in [2.24, 2.45) is 0 Å². The van der Waals surface area contributed by atoms with E-state index in [0.29, 0.717) is 0 Å². The predicted molar refractivity (Wildman–Crippen MR) is 41.1 cm³/mol. The SMILES string of the molecule is CC(C)(C)NCC(=O)O.[Na]. The average molecular weight is 154 g/mol. The van der Waals surface area contributed by atoms with E-state index in [1.54, 1.807) is 0 Å². The smallest absolute Gasteiger partial charge is 0.317 e. The van der Waals surface area contributed by atoms with Gasteiger partial charge in [0, 0.05) is 35.1 Å². The van der Waals surface area contributed by atoms with Gasteiger partial charge in [0.05, 0.1) is 6.54 Å². The zero-order chi connectivity index (χ0) is 7.49. The van der Waals surface area contributed by atoms with Crippen LogP contribution in [0.4, 0.5) is 0 Å². The van der Waals surface area contributed by atoms with Crippen molar-refractivity contribution in [3.63, 3.8) is 0 Å². The molecule has 4 heteroatoms. The number of nitrogens with one attached hydrogen (secondary N) is 1. The van der Waals surface area contributed by atoms with Gasteiger partial charge in [0.15, 0.2) is 0 Å². The van der Waals surface area contributed by atoms with E-state index in [2.05, 4.69) is 5.32 Å². The fraction of sp³-hybridized carbons (Fsp3) is 0.833. The Morgan fingerprint density at radius 1 is 1.50 bits per heavy atom. The first-order valence-electron chi connectivity index (χ1n) is 2.88. The van der Waals surface area contributed by atoms with E-state index in [-0.39, 0.29) is 41.6 Å². The summed E-state index contributed by atoms with van der Waals surface area (Å²) in [6.07, 6.45) is 0. The second-order valence-corrected chi connectivity index (χ2v) is 3.00. The standard InChI is InChI=1S/C6H13NO2.Na/c1-6(2,3)7-4-5(8)9;/h7H,4H2,1-3H3,(H,8,9);. The van der Waals surface area contributed by atoms with Crippen molar-refractivity contribution in [1.82, 2.24) is 5.32 Å².